The van der Waals surface area contributed by atoms with E-state index >= 15 is 0 Å². The van der Waals surface area contributed by atoms with Crippen molar-refractivity contribution >= 4 is 11.7 Å². The summed E-state index contributed by atoms with van der Waals surface area (Å²) in [4.78, 5) is 25.6. The molecule has 114 valence electrons. The summed E-state index contributed by atoms with van der Waals surface area (Å²) in [5.74, 6) is 0.803. The number of carbonyl (C=O) groups is 2. The van der Waals surface area contributed by atoms with Crippen molar-refractivity contribution in [2.75, 3.05) is 20.4 Å². The van der Waals surface area contributed by atoms with Gasteiger partial charge in [-0.15, -0.1) is 0 Å². The molecule has 0 bridgehead atoms. The molecule has 0 aliphatic carbocycles. The Hall–Kier alpha value is -2.08. The smallest absolute Gasteiger partial charge is 0.239 e. The van der Waals surface area contributed by atoms with E-state index < -0.39 is 6.04 Å². The number of rotatable bonds is 6. The van der Waals surface area contributed by atoms with Gasteiger partial charge < -0.3 is 20.1 Å². The average molecular weight is 292 g/mol. The molecule has 2 N–H and O–H groups in total. The third kappa shape index (κ3) is 3.52. The fourth-order valence-electron chi connectivity index (χ4n) is 2.17. The highest BCUT2D eigenvalue weighted by Gasteiger charge is 2.21. The number of nitrogens with two attached hydrogens (primary N) is 1. The normalized spacial score (nSPS) is 13.9. The van der Waals surface area contributed by atoms with E-state index in [1.54, 1.807) is 25.2 Å². The van der Waals surface area contributed by atoms with Gasteiger partial charge in [0.15, 0.2) is 17.3 Å². The molecule has 1 aromatic rings. The number of fused-ring (bicyclic) bond motifs is 1. The minimum Gasteiger partial charge on any atom is -0.454 e. The summed E-state index contributed by atoms with van der Waals surface area (Å²) < 4.78 is 10.4. The molecule has 0 spiro atoms. The van der Waals surface area contributed by atoms with Crippen LogP contribution in [0.25, 0.3) is 0 Å². The lowest BCUT2D eigenvalue weighted by Gasteiger charge is -2.20. The molecule has 21 heavy (non-hydrogen) atoms. The molecule has 0 saturated carbocycles. The molecule has 6 nitrogen and oxygen atoms in total. The van der Waals surface area contributed by atoms with Crippen molar-refractivity contribution in [2.24, 2.45) is 5.73 Å². The molecule has 1 unspecified atom stereocenters. The van der Waals surface area contributed by atoms with E-state index in [0.717, 1.165) is 6.42 Å². The Labute approximate surface area is 123 Å². The van der Waals surface area contributed by atoms with E-state index in [-0.39, 0.29) is 25.0 Å². The highest BCUT2D eigenvalue weighted by molar-refractivity contribution is 6.00. The van der Waals surface area contributed by atoms with E-state index in [2.05, 4.69) is 0 Å². The number of nitrogens with zero attached hydrogens (tertiary/aromatic N) is 1. The molecule has 0 fully saturated rings. The Kier molecular flexibility index (Phi) is 4.80. The van der Waals surface area contributed by atoms with Crippen LogP contribution < -0.4 is 15.2 Å². The molecule has 0 radical (unpaired) electrons. The summed E-state index contributed by atoms with van der Waals surface area (Å²) in [5, 5.41) is 0. The number of ketones is 1. The second-order valence-corrected chi connectivity index (χ2v) is 5.08. The van der Waals surface area contributed by atoms with Crippen molar-refractivity contribution in [3.8, 4) is 11.5 Å². The lowest BCUT2D eigenvalue weighted by atomic mass is 10.1. The fraction of sp³-hybridized carbons (Fsp3) is 0.467. The third-order valence-corrected chi connectivity index (χ3v) is 3.37. The van der Waals surface area contributed by atoms with Gasteiger partial charge >= 0.3 is 0 Å². The molecule has 1 aromatic carbocycles. The van der Waals surface area contributed by atoms with Gasteiger partial charge in [-0.1, -0.05) is 13.3 Å². The highest BCUT2D eigenvalue weighted by Crippen LogP contribution is 2.32. The molecule has 1 aliphatic rings. The van der Waals surface area contributed by atoms with Crippen LogP contribution in [0.15, 0.2) is 18.2 Å². The zero-order valence-electron chi connectivity index (χ0n) is 12.3. The number of hydrogen-bond acceptors (Lipinski definition) is 5. The van der Waals surface area contributed by atoms with Crippen LogP contribution in [0.4, 0.5) is 0 Å². The summed E-state index contributed by atoms with van der Waals surface area (Å²) in [6.07, 6.45) is 1.44. The van der Waals surface area contributed by atoms with Gasteiger partial charge in [-0.3, -0.25) is 9.59 Å². The SMILES string of the molecule is CCCC(N)C(=O)N(C)CC(=O)c1ccc2c(c1)OCO2. The van der Waals surface area contributed by atoms with Crippen molar-refractivity contribution in [3.63, 3.8) is 0 Å². The monoisotopic (exact) mass is 292 g/mol. The topological polar surface area (TPSA) is 81.9 Å². The minimum absolute atomic E-state index is 0.00408. The third-order valence-electron chi connectivity index (χ3n) is 3.37. The number of carbonyl (C=O) groups excluding carboxylic acids is 2. The zero-order valence-corrected chi connectivity index (χ0v) is 12.3. The van der Waals surface area contributed by atoms with Crippen LogP contribution in [0.5, 0.6) is 11.5 Å². The Morgan fingerprint density at radius 1 is 1.33 bits per heavy atom. The number of hydrogen-bond donors (Lipinski definition) is 1. The summed E-state index contributed by atoms with van der Waals surface area (Å²) in [5.41, 5.74) is 6.27. The Morgan fingerprint density at radius 3 is 2.76 bits per heavy atom. The molecular formula is C15H20N2O4. The first-order valence-electron chi connectivity index (χ1n) is 6.96. The molecule has 0 saturated heterocycles. The Balaban J connectivity index is 1.99. The first-order valence-corrected chi connectivity index (χ1v) is 6.96. The molecule has 0 aromatic heterocycles. The summed E-state index contributed by atoms with van der Waals surface area (Å²) in [6.45, 7) is 2.12. The zero-order chi connectivity index (χ0) is 15.4. The molecule has 2 rings (SSSR count). The maximum Gasteiger partial charge on any atom is 0.239 e. The Morgan fingerprint density at radius 2 is 2.05 bits per heavy atom. The number of Topliss-reactive ketones (excluding diaryl/α,β-unsaturated/α-hetero) is 1. The van der Waals surface area contributed by atoms with Crippen LogP contribution in [0.1, 0.15) is 30.1 Å². The van der Waals surface area contributed by atoms with Crippen molar-refractivity contribution in [2.45, 2.75) is 25.8 Å². The van der Waals surface area contributed by atoms with Crippen LogP contribution >= 0.6 is 0 Å². The summed E-state index contributed by atoms with van der Waals surface area (Å²) in [6, 6.07) is 4.44. The van der Waals surface area contributed by atoms with Crippen LogP contribution in [-0.2, 0) is 4.79 Å². The van der Waals surface area contributed by atoms with Crippen LogP contribution in [-0.4, -0.2) is 43.0 Å². The van der Waals surface area contributed by atoms with Gasteiger partial charge in [-0.05, 0) is 24.6 Å². The van der Waals surface area contributed by atoms with Crippen LogP contribution in [0.2, 0.25) is 0 Å². The summed E-state index contributed by atoms with van der Waals surface area (Å²) >= 11 is 0. The number of likely N-dealkylation sites (N-methyl/N-ethyl adjacent to an activating group) is 1. The number of amides is 1. The second-order valence-electron chi connectivity index (χ2n) is 5.08. The maximum atomic E-state index is 12.2. The van der Waals surface area contributed by atoms with Crippen molar-refractivity contribution in [3.05, 3.63) is 23.8 Å². The molecular weight excluding hydrogens is 272 g/mol. The van der Waals surface area contributed by atoms with Crippen molar-refractivity contribution in [1.29, 1.82) is 0 Å². The van der Waals surface area contributed by atoms with Gasteiger partial charge in [0, 0.05) is 12.6 Å². The van der Waals surface area contributed by atoms with Crippen molar-refractivity contribution in [1.82, 2.24) is 4.90 Å². The predicted octanol–water partition coefficient (Wildman–Crippen LogP) is 1.18. The van der Waals surface area contributed by atoms with Gasteiger partial charge in [-0.2, -0.15) is 0 Å². The lowest BCUT2D eigenvalue weighted by molar-refractivity contribution is -0.131. The number of benzene rings is 1. The molecule has 1 amide bonds. The predicted molar refractivity (Wildman–Crippen MR) is 77.4 cm³/mol. The lowest BCUT2D eigenvalue weighted by Crippen LogP contribution is -2.43. The first-order chi connectivity index (χ1) is 10.0. The fourth-order valence-corrected chi connectivity index (χ4v) is 2.17. The molecule has 1 aliphatic heterocycles. The van der Waals surface area contributed by atoms with Gasteiger partial charge in [-0.25, -0.2) is 0 Å². The summed E-state index contributed by atoms with van der Waals surface area (Å²) in [7, 11) is 1.59. The standard InChI is InChI=1S/C15H20N2O4/c1-3-4-11(16)15(19)17(2)8-12(18)10-5-6-13-14(7-10)21-9-20-13/h5-7,11H,3-4,8-9,16H2,1-2H3. The Bertz CT molecular complexity index is 544. The first kappa shape index (κ1) is 15.3. The van der Waals surface area contributed by atoms with E-state index in [1.807, 2.05) is 6.92 Å². The van der Waals surface area contributed by atoms with E-state index in [0.29, 0.717) is 23.5 Å². The quantitative estimate of drug-likeness (QED) is 0.796. The van der Waals surface area contributed by atoms with Gasteiger partial charge in [0.2, 0.25) is 12.7 Å². The second kappa shape index (κ2) is 6.58. The van der Waals surface area contributed by atoms with Crippen LogP contribution in [0, 0.1) is 0 Å². The van der Waals surface area contributed by atoms with Crippen LogP contribution in [0.3, 0.4) is 0 Å². The largest absolute Gasteiger partial charge is 0.454 e. The molecule has 1 atom stereocenters. The van der Waals surface area contributed by atoms with E-state index in [9.17, 15) is 9.59 Å². The van der Waals surface area contributed by atoms with Crippen molar-refractivity contribution < 1.29 is 19.1 Å². The van der Waals surface area contributed by atoms with Gasteiger partial charge in [0.1, 0.15) is 0 Å². The molecule has 6 heteroatoms. The molecule has 1 heterocycles. The number of ether oxygens (including phenoxy) is 2. The highest BCUT2D eigenvalue weighted by atomic mass is 16.7. The maximum absolute atomic E-state index is 12.2. The minimum atomic E-state index is -0.551. The van der Waals surface area contributed by atoms with Gasteiger partial charge in [0.25, 0.3) is 0 Å². The van der Waals surface area contributed by atoms with E-state index in [1.165, 1.54) is 4.90 Å². The van der Waals surface area contributed by atoms with E-state index in [4.69, 9.17) is 15.2 Å². The average Bonchev–Trinajstić information content (AvgIpc) is 2.93. The van der Waals surface area contributed by atoms with Gasteiger partial charge in [0.05, 0.1) is 12.6 Å².